The maximum absolute atomic E-state index is 8.88. The molecule has 1 heterocycles. The Hall–Kier alpha value is -2.08. The van der Waals surface area contributed by atoms with E-state index in [0.29, 0.717) is 13.0 Å². The first-order valence-electron chi connectivity index (χ1n) is 7.15. The first-order valence-corrected chi connectivity index (χ1v) is 7.15. The molecule has 0 unspecified atom stereocenters. The molecule has 1 aliphatic rings. The van der Waals surface area contributed by atoms with Gasteiger partial charge < -0.3 is 4.74 Å². The maximum Gasteiger partial charge on any atom is 0.130 e. The van der Waals surface area contributed by atoms with Gasteiger partial charge >= 0.3 is 0 Å². The fourth-order valence-electron chi connectivity index (χ4n) is 2.44. The highest BCUT2D eigenvalue weighted by Gasteiger charge is 2.43. The first kappa shape index (κ1) is 12.9. The summed E-state index contributed by atoms with van der Waals surface area (Å²) in [7, 11) is 0. The van der Waals surface area contributed by atoms with Crippen molar-refractivity contribution in [3.05, 3.63) is 36.0 Å². The van der Waals surface area contributed by atoms with Gasteiger partial charge in [-0.2, -0.15) is 5.26 Å². The molecule has 1 aromatic heterocycles. The largest absolute Gasteiger partial charge is 0.492 e. The van der Waals surface area contributed by atoms with Crippen molar-refractivity contribution in [2.45, 2.75) is 32.6 Å². The molecule has 1 aromatic carbocycles. The number of para-hydroxylation sites is 1. The van der Waals surface area contributed by atoms with E-state index in [0.717, 1.165) is 41.6 Å². The summed E-state index contributed by atoms with van der Waals surface area (Å²) in [5.41, 5.74) is 2.13. The van der Waals surface area contributed by atoms with Crippen LogP contribution in [0.15, 0.2) is 30.3 Å². The zero-order valence-electron chi connectivity index (χ0n) is 11.7. The molecule has 3 heteroatoms. The van der Waals surface area contributed by atoms with E-state index in [2.05, 4.69) is 18.0 Å². The number of fused-ring (bicyclic) bond motifs is 1. The quantitative estimate of drug-likeness (QED) is 0.825. The lowest BCUT2D eigenvalue weighted by Gasteiger charge is -2.15. The summed E-state index contributed by atoms with van der Waals surface area (Å²) in [5, 5.41) is 9.93. The molecule has 1 saturated carbocycles. The van der Waals surface area contributed by atoms with Crippen molar-refractivity contribution in [3.8, 4) is 11.8 Å². The number of hydrogen-bond donors (Lipinski definition) is 0. The Bertz CT molecular complexity index is 668. The molecule has 0 spiro atoms. The van der Waals surface area contributed by atoms with Crippen LogP contribution in [0.5, 0.6) is 5.75 Å². The van der Waals surface area contributed by atoms with Gasteiger partial charge in [-0.05, 0) is 31.4 Å². The third kappa shape index (κ3) is 2.46. The molecule has 0 N–H and O–H groups in total. The van der Waals surface area contributed by atoms with E-state index in [-0.39, 0.29) is 5.41 Å². The summed E-state index contributed by atoms with van der Waals surface area (Å²) in [4.78, 5) is 4.62. The number of rotatable bonds is 5. The fourth-order valence-corrected chi connectivity index (χ4v) is 2.44. The van der Waals surface area contributed by atoms with Crippen LogP contribution >= 0.6 is 0 Å². The van der Waals surface area contributed by atoms with Crippen LogP contribution in [0.2, 0.25) is 0 Å². The van der Waals surface area contributed by atoms with Crippen LogP contribution in [-0.2, 0) is 6.42 Å². The SMILES string of the molecule is CCc1cc(OCC2(CC#N)CC2)c2ccccc2n1. The maximum atomic E-state index is 8.88. The average molecular weight is 266 g/mol. The summed E-state index contributed by atoms with van der Waals surface area (Å²) < 4.78 is 6.05. The summed E-state index contributed by atoms with van der Waals surface area (Å²) in [6.45, 7) is 2.73. The van der Waals surface area contributed by atoms with Crippen LogP contribution in [0.3, 0.4) is 0 Å². The van der Waals surface area contributed by atoms with Crippen LogP contribution < -0.4 is 4.74 Å². The van der Waals surface area contributed by atoms with E-state index in [1.807, 2.05) is 30.3 Å². The van der Waals surface area contributed by atoms with E-state index in [9.17, 15) is 0 Å². The lowest BCUT2D eigenvalue weighted by molar-refractivity contribution is 0.239. The van der Waals surface area contributed by atoms with Crippen LogP contribution in [-0.4, -0.2) is 11.6 Å². The highest BCUT2D eigenvalue weighted by Crippen LogP contribution is 2.49. The molecular weight excluding hydrogens is 248 g/mol. The molecular formula is C17H18N2O. The van der Waals surface area contributed by atoms with Gasteiger partial charge in [0.25, 0.3) is 0 Å². The molecule has 102 valence electrons. The molecule has 0 radical (unpaired) electrons. The summed E-state index contributed by atoms with van der Waals surface area (Å²) >= 11 is 0. The predicted octanol–water partition coefficient (Wildman–Crippen LogP) is 3.87. The van der Waals surface area contributed by atoms with Crippen LogP contribution in [0.1, 0.15) is 31.9 Å². The molecule has 20 heavy (non-hydrogen) atoms. The van der Waals surface area contributed by atoms with E-state index in [1.54, 1.807) is 0 Å². The normalized spacial score (nSPS) is 15.8. The summed E-state index contributed by atoms with van der Waals surface area (Å²) in [5.74, 6) is 0.900. The highest BCUT2D eigenvalue weighted by molar-refractivity contribution is 5.85. The molecule has 2 aromatic rings. The topological polar surface area (TPSA) is 45.9 Å². The van der Waals surface area contributed by atoms with Gasteiger partial charge in [0.05, 0.1) is 18.2 Å². The minimum Gasteiger partial charge on any atom is -0.492 e. The van der Waals surface area contributed by atoms with Crippen LogP contribution in [0, 0.1) is 16.7 Å². The minimum atomic E-state index is 0.103. The molecule has 3 nitrogen and oxygen atoms in total. The van der Waals surface area contributed by atoms with Gasteiger partial charge in [-0.15, -0.1) is 0 Å². The molecule has 0 amide bonds. The van der Waals surface area contributed by atoms with Gasteiger partial charge in [0, 0.05) is 29.0 Å². The Labute approximate surface area is 119 Å². The van der Waals surface area contributed by atoms with E-state index in [1.165, 1.54) is 0 Å². The molecule has 0 atom stereocenters. The van der Waals surface area contributed by atoms with Gasteiger partial charge in [0.15, 0.2) is 0 Å². The van der Waals surface area contributed by atoms with Crippen LogP contribution in [0.4, 0.5) is 0 Å². The van der Waals surface area contributed by atoms with E-state index in [4.69, 9.17) is 10.00 Å². The number of nitrogens with zero attached hydrogens (tertiary/aromatic N) is 2. The molecule has 0 saturated heterocycles. The molecule has 3 rings (SSSR count). The fraction of sp³-hybridized carbons (Fsp3) is 0.412. The van der Waals surface area contributed by atoms with E-state index >= 15 is 0 Å². The number of nitriles is 1. The second-order valence-corrected chi connectivity index (χ2v) is 5.61. The number of benzene rings is 1. The number of pyridine rings is 1. The van der Waals surface area contributed by atoms with E-state index < -0.39 is 0 Å². The molecule has 1 fully saturated rings. The zero-order valence-corrected chi connectivity index (χ0v) is 11.7. The average Bonchev–Trinajstić information content (AvgIpc) is 3.25. The Morgan fingerprint density at radius 1 is 1.35 bits per heavy atom. The Morgan fingerprint density at radius 2 is 2.15 bits per heavy atom. The van der Waals surface area contributed by atoms with Gasteiger partial charge in [-0.1, -0.05) is 19.1 Å². The zero-order chi connectivity index (χ0) is 14.0. The van der Waals surface area contributed by atoms with Crippen molar-refractivity contribution < 1.29 is 4.74 Å². The van der Waals surface area contributed by atoms with Gasteiger partial charge in [0.2, 0.25) is 0 Å². The first-order chi connectivity index (χ1) is 9.76. The van der Waals surface area contributed by atoms with Crippen molar-refractivity contribution in [3.63, 3.8) is 0 Å². The van der Waals surface area contributed by atoms with Gasteiger partial charge in [-0.25, -0.2) is 0 Å². The Morgan fingerprint density at radius 3 is 2.85 bits per heavy atom. The van der Waals surface area contributed by atoms with Crippen molar-refractivity contribution >= 4 is 10.9 Å². The lowest BCUT2D eigenvalue weighted by atomic mass is 10.1. The van der Waals surface area contributed by atoms with Gasteiger partial charge in [-0.3, -0.25) is 4.98 Å². The number of aryl methyl sites for hydroxylation is 1. The third-order valence-electron chi connectivity index (χ3n) is 4.04. The number of aromatic nitrogens is 1. The summed E-state index contributed by atoms with van der Waals surface area (Å²) in [6.07, 6.45) is 3.69. The smallest absolute Gasteiger partial charge is 0.130 e. The standard InChI is InChI=1S/C17H18N2O/c1-2-13-11-16(14-5-3-4-6-15(14)19-13)20-12-17(7-8-17)9-10-18/h3-6,11H,2,7-9,12H2,1H3. The molecule has 0 aliphatic heterocycles. The van der Waals surface area contributed by atoms with Crippen LogP contribution in [0.25, 0.3) is 10.9 Å². The minimum absolute atomic E-state index is 0.103. The van der Waals surface area contributed by atoms with Crippen molar-refractivity contribution in [1.29, 1.82) is 5.26 Å². The molecule has 0 bridgehead atoms. The van der Waals surface area contributed by atoms with Crippen molar-refractivity contribution in [2.24, 2.45) is 5.41 Å². The third-order valence-corrected chi connectivity index (χ3v) is 4.04. The second kappa shape index (κ2) is 5.13. The highest BCUT2D eigenvalue weighted by atomic mass is 16.5. The monoisotopic (exact) mass is 266 g/mol. The summed E-state index contributed by atoms with van der Waals surface area (Å²) in [6, 6.07) is 12.4. The molecule has 1 aliphatic carbocycles. The second-order valence-electron chi connectivity index (χ2n) is 5.61. The van der Waals surface area contributed by atoms with Crippen molar-refractivity contribution in [2.75, 3.05) is 6.61 Å². The number of hydrogen-bond acceptors (Lipinski definition) is 3. The number of ether oxygens (including phenoxy) is 1. The van der Waals surface area contributed by atoms with Crippen molar-refractivity contribution in [1.82, 2.24) is 4.98 Å². The Balaban J connectivity index is 1.88. The Kier molecular flexibility index (Phi) is 3.31. The van der Waals surface area contributed by atoms with Gasteiger partial charge in [0.1, 0.15) is 5.75 Å². The lowest BCUT2D eigenvalue weighted by Crippen LogP contribution is -2.12. The predicted molar refractivity (Wildman–Crippen MR) is 78.5 cm³/mol.